The molecule has 1 N–H and O–H groups in total. The van der Waals surface area contributed by atoms with E-state index in [1.54, 1.807) is 0 Å². The molecule has 1 fully saturated rings. The maximum absolute atomic E-state index is 10.5. The Morgan fingerprint density at radius 3 is 2.43 bits per heavy atom. The fraction of sp³-hybridized carbons (Fsp3) is 0.941. The second-order valence-electron chi connectivity index (χ2n) is 8.44. The Balaban J connectivity index is 2.70. The fourth-order valence-corrected chi connectivity index (χ4v) is 4.26. The Morgan fingerprint density at radius 2 is 1.90 bits per heavy atom. The molecule has 0 aromatic heterocycles. The van der Waals surface area contributed by atoms with Gasteiger partial charge in [-0.05, 0) is 55.7 Å². The molecule has 2 unspecified atom stereocenters. The Hall–Kier alpha value is -0.373. The van der Waals surface area contributed by atoms with Gasteiger partial charge < -0.3 is 9.53 Å². The molecule has 0 aromatic carbocycles. The zero-order chi connectivity index (χ0) is 16.3. The number of aliphatic hydroxyl groups is 1. The number of aliphatic hydroxyl groups excluding tert-OH is 1. The molecular formula is C17H33NO2Si. The molecule has 0 radical (unpaired) electrons. The molecule has 0 aliphatic heterocycles. The van der Waals surface area contributed by atoms with Crippen molar-refractivity contribution < 1.29 is 9.53 Å². The second-order valence-corrected chi connectivity index (χ2v) is 13.2. The molecule has 1 aliphatic carbocycles. The van der Waals surface area contributed by atoms with Gasteiger partial charge in [0.05, 0.1) is 12.2 Å². The predicted molar refractivity (Wildman–Crippen MR) is 89.5 cm³/mol. The molecule has 21 heavy (non-hydrogen) atoms. The van der Waals surface area contributed by atoms with E-state index in [1.165, 1.54) is 0 Å². The van der Waals surface area contributed by atoms with Crippen LogP contribution in [0.4, 0.5) is 0 Å². The van der Waals surface area contributed by atoms with Crippen LogP contribution in [0.2, 0.25) is 18.1 Å². The summed E-state index contributed by atoms with van der Waals surface area (Å²) >= 11 is 0. The van der Waals surface area contributed by atoms with Gasteiger partial charge in [-0.3, -0.25) is 0 Å². The summed E-state index contributed by atoms with van der Waals surface area (Å²) in [5.41, 5.74) is -0.124. The van der Waals surface area contributed by atoms with Crippen molar-refractivity contribution >= 4 is 8.32 Å². The molecule has 0 aromatic rings. The topological polar surface area (TPSA) is 53.2 Å². The first kappa shape index (κ1) is 18.7. The molecule has 0 heterocycles. The molecule has 1 aliphatic rings. The van der Waals surface area contributed by atoms with Crippen molar-refractivity contribution in [3.05, 3.63) is 0 Å². The van der Waals surface area contributed by atoms with Crippen LogP contribution in [-0.4, -0.2) is 25.6 Å². The van der Waals surface area contributed by atoms with Crippen LogP contribution in [0.1, 0.15) is 66.2 Å². The van der Waals surface area contributed by atoms with Crippen LogP contribution in [0.5, 0.6) is 0 Å². The highest BCUT2D eigenvalue weighted by Crippen LogP contribution is 2.42. The van der Waals surface area contributed by atoms with E-state index in [2.05, 4.69) is 46.9 Å². The lowest BCUT2D eigenvalue weighted by Crippen LogP contribution is -2.43. The monoisotopic (exact) mass is 311 g/mol. The van der Waals surface area contributed by atoms with Crippen molar-refractivity contribution in [1.29, 1.82) is 5.26 Å². The summed E-state index contributed by atoms with van der Waals surface area (Å²) in [5, 5.41) is 19.5. The van der Waals surface area contributed by atoms with Gasteiger partial charge in [-0.2, -0.15) is 5.26 Å². The van der Waals surface area contributed by atoms with Crippen LogP contribution in [0.15, 0.2) is 0 Å². The summed E-state index contributed by atoms with van der Waals surface area (Å²) < 4.78 is 6.53. The number of hydrogen-bond donors (Lipinski definition) is 1. The maximum Gasteiger partial charge on any atom is 0.192 e. The molecule has 1 saturated carbocycles. The third kappa shape index (κ3) is 4.80. The summed E-state index contributed by atoms with van der Waals surface area (Å²) in [4.78, 5) is 0. The SMILES string of the molecule is CC(C)(C)[Si](C)(C)OC1CCC(O)[C@](C)(CCC#N)CC1. The summed E-state index contributed by atoms with van der Waals surface area (Å²) in [6.07, 6.45) is 4.97. The van der Waals surface area contributed by atoms with E-state index >= 15 is 0 Å². The Bertz CT molecular complexity index is 383. The molecule has 4 heteroatoms. The van der Waals surface area contributed by atoms with Gasteiger partial charge in [-0.1, -0.05) is 27.7 Å². The van der Waals surface area contributed by atoms with Gasteiger partial charge in [-0.15, -0.1) is 0 Å². The van der Waals surface area contributed by atoms with Crippen LogP contribution in [0, 0.1) is 16.7 Å². The van der Waals surface area contributed by atoms with E-state index in [1.807, 2.05) is 0 Å². The van der Waals surface area contributed by atoms with Crippen molar-refractivity contribution in [2.24, 2.45) is 5.41 Å². The number of nitrogens with zero attached hydrogens (tertiary/aromatic N) is 1. The average Bonchev–Trinajstić information content (AvgIpc) is 2.49. The van der Waals surface area contributed by atoms with Crippen molar-refractivity contribution in [3.8, 4) is 6.07 Å². The molecule has 3 nitrogen and oxygen atoms in total. The van der Waals surface area contributed by atoms with Gasteiger partial charge in [0.1, 0.15) is 0 Å². The highest BCUT2D eigenvalue weighted by atomic mass is 28.4. The van der Waals surface area contributed by atoms with Crippen molar-refractivity contribution in [2.45, 2.75) is 96.6 Å². The van der Waals surface area contributed by atoms with Gasteiger partial charge in [0.25, 0.3) is 0 Å². The Labute approximate surface area is 131 Å². The third-order valence-corrected chi connectivity index (χ3v) is 10.2. The van der Waals surface area contributed by atoms with Crippen LogP contribution in [0.25, 0.3) is 0 Å². The smallest absolute Gasteiger partial charge is 0.192 e. The normalized spacial score (nSPS) is 31.5. The fourth-order valence-electron chi connectivity index (χ4n) is 2.84. The highest BCUT2D eigenvalue weighted by molar-refractivity contribution is 6.74. The maximum atomic E-state index is 10.5. The lowest BCUT2D eigenvalue weighted by atomic mass is 9.76. The van der Waals surface area contributed by atoms with Gasteiger partial charge in [0.15, 0.2) is 8.32 Å². The summed E-state index contributed by atoms with van der Waals surface area (Å²) in [7, 11) is -1.74. The Morgan fingerprint density at radius 1 is 1.29 bits per heavy atom. The molecule has 122 valence electrons. The number of hydrogen-bond acceptors (Lipinski definition) is 3. The van der Waals surface area contributed by atoms with E-state index in [-0.39, 0.29) is 22.7 Å². The van der Waals surface area contributed by atoms with E-state index < -0.39 is 8.32 Å². The summed E-state index contributed by atoms with van der Waals surface area (Å²) in [5.74, 6) is 0. The van der Waals surface area contributed by atoms with Gasteiger partial charge in [-0.25, -0.2) is 0 Å². The first-order valence-corrected chi connectivity index (χ1v) is 11.2. The minimum atomic E-state index is -1.74. The summed E-state index contributed by atoms with van der Waals surface area (Å²) in [6.45, 7) is 13.5. The standard InChI is InChI=1S/C17H33NO2Si/c1-16(2,3)21(5,6)20-14-8-9-15(19)17(4,12-10-14)11-7-13-18/h14-15,19H,7-12H2,1-6H3/t14?,15?,17-/m1/s1. The van der Waals surface area contributed by atoms with Crippen molar-refractivity contribution in [2.75, 3.05) is 0 Å². The first-order chi connectivity index (χ1) is 9.52. The number of rotatable bonds is 4. The molecule has 0 bridgehead atoms. The molecule has 0 amide bonds. The predicted octanol–water partition coefficient (Wildman–Crippen LogP) is 4.62. The summed E-state index contributed by atoms with van der Waals surface area (Å²) in [6, 6.07) is 2.22. The molecule has 0 saturated heterocycles. The van der Waals surface area contributed by atoms with Gasteiger partial charge in [0.2, 0.25) is 0 Å². The third-order valence-electron chi connectivity index (χ3n) is 5.68. The van der Waals surface area contributed by atoms with E-state index in [0.717, 1.165) is 32.1 Å². The number of nitriles is 1. The van der Waals surface area contributed by atoms with Gasteiger partial charge >= 0.3 is 0 Å². The average molecular weight is 312 g/mol. The van der Waals surface area contributed by atoms with E-state index in [0.29, 0.717) is 6.42 Å². The van der Waals surface area contributed by atoms with Crippen LogP contribution < -0.4 is 0 Å². The van der Waals surface area contributed by atoms with E-state index in [9.17, 15) is 5.11 Å². The lowest BCUT2D eigenvalue weighted by molar-refractivity contribution is 0.0259. The minimum Gasteiger partial charge on any atom is -0.414 e. The minimum absolute atomic E-state index is 0.124. The zero-order valence-electron chi connectivity index (χ0n) is 14.7. The molecule has 0 spiro atoms. The highest BCUT2D eigenvalue weighted by Gasteiger charge is 2.41. The Kier molecular flexibility index (Phi) is 6.05. The largest absolute Gasteiger partial charge is 0.414 e. The second kappa shape index (κ2) is 6.81. The van der Waals surface area contributed by atoms with Crippen molar-refractivity contribution in [3.63, 3.8) is 0 Å². The molecule has 1 rings (SSSR count). The van der Waals surface area contributed by atoms with Crippen LogP contribution >= 0.6 is 0 Å². The van der Waals surface area contributed by atoms with E-state index in [4.69, 9.17) is 9.69 Å². The van der Waals surface area contributed by atoms with Crippen LogP contribution in [-0.2, 0) is 4.43 Å². The van der Waals surface area contributed by atoms with Crippen LogP contribution in [0.3, 0.4) is 0 Å². The lowest BCUT2D eigenvalue weighted by Gasteiger charge is -2.39. The quantitative estimate of drug-likeness (QED) is 0.608. The zero-order valence-corrected chi connectivity index (χ0v) is 15.7. The molecular weight excluding hydrogens is 278 g/mol. The van der Waals surface area contributed by atoms with Gasteiger partial charge in [0, 0.05) is 12.5 Å². The first-order valence-electron chi connectivity index (χ1n) is 8.25. The molecule has 3 atom stereocenters. The van der Waals surface area contributed by atoms with Crippen molar-refractivity contribution in [1.82, 2.24) is 0 Å².